The van der Waals surface area contributed by atoms with Gasteiger partial charge in [-0.3, -0.25) is 0 Å². The number of ether oxygens (including phenoxy) is 1. The van der Waals surface area contributed by atoms with Crippen LogP contribution in [0.5, 0.6) is 0 Å². The largest absolute Gasteiger partial charge is 0.394 e. The molecule has 0 saturated carbocycles. The normalized spacial score (nSPS) is 12.0. The lowest BCUT2D eigenvalue weighted by Gasteiger charge is -2.39. The smallest absolute Gasteiger partial charge is 0.102 e. The Kier molecular flexibility index (Phi) is 20.5. The highest BCUT2D eigenvalue weighted by Crippen LogP contribution is 2.17. The first kappa shape index (κ1) is 26.9. The predicted molar refractivity (Wildman–Crippen MR) is 119 cm³/mol. The van der Waals surface area contributed by atoms with Gasteiger partial charge in [0, 0.05) is 0 Å². The Labute approximate surface area is 171 Å². The zero-order valence-electron chi connectivity index (χ0n) is 19.2. The van der Waals surface area contributed by atoms with E-state index in [0.29, 0.717) is 6.61 Å². The van der Waals surface area contributed by atoms with Crippen LogP contribution in [0.4, 0.5) is 0 Å². The molecule has 0 aliphatic carbocycles. The number of nitrogens with zero attached hydrogens (tertiary/aromatic N) is 1. The number of aliphatic hydroxyl groups excluding tert-OH is 1. The standard InChI is InChI=1S/C24H52NO2/c1-4-7-10-11-12-13-14-15-16-17-20-25(18-8-5-2,19-9-6-3)21-23-27-24-22-26/h26H,4-24H2,1-3H3/q+1. The van der Waals surface area contributed by atoms with Gasteiger partial charge in [-0.15, -0.1) is 0 Å². The van der Waals surface area contributed by atoms with Crippen LogP contribution in [0.15, 0.2) is 0 Å². The highest BCUT2D eigenvalue weighted by atomic mass is 16.5. The molecule has 0 unspecified atom stereocenters. The minimum Gasteiger partial charge on any atom is -0.394 e. The van der Waals surface area contributed by atoms with Crippen LogP contribution in [0.1, 0.15) is 111 Å². The molecule has 0 aliphatic heterocycles. The molecule has 0 bridgehead atoms. The van der Waals surface area contributed by atoms with E-state index in [4.69, 9.17) is 9.84 Å². The Morgan fingerprint density at radius 2 is 0.963 bits per heavy atom. The van der Waals surface area contributed by atoms with Crippen molar-refractivity contribution < 1.29 is 14.3 Å². The maximum absolute atomic E-state index is 8.95. The fourth-order valence-corrected chi connectivity index (χ4v) is 4.02. The van der Waals surface area contributed by atoms with Crippen molar-refractivity contribution in [2.24, 2.45) is 0 Å². The van der Waals surface area contributed by atoms with Gasteiger partial charge < -0.3 is 14.3 Å². The number of quaternary nitrogens is 1. The van der Waals surface area contributed by atoms with Crippen molar-refractivity contribution in [1.29, 1.82) is 0 Å². The summed E-state index contributed by atoms with van der Waals surface area (Å²) in [5.74, 6) is 0. The molecular weight excluding hydrogens is 334 g/mol. The van der Waals surface area contributed by atoms with Gasteiger partial charge in [-0.1, -0.05) is 85.0 Å². The Morgan fingerprint density at radius 1 is 0.519 bits per heavy atom. The number of hydrogen-bond acceptors (Lipinski definition) is 2. The van der Waals surface area contributed by atoms with Crippen LogP contribution in [0.25, 0.3) is 0 Å². The first-order chi connectivity index (χ1) is 13.2. The van der Waals surface area contributed by atoms with Gasteiger partial charge in [0.1, 0.15) is 6.54 Å². The molecule has 3 nitrogen and oxygen atoms in total. The molecule has 0 saturated heterocycles. The van der Waals surface area contributed by atoms with Crippen molar-refractivity contribution in [3.8, 4) is 0 Å². The first-order valence-electron chi connectivity index (χ1n) is 12.3. The van der Waals surface area contributed by atoms with E-state index < -0.39 is 0 Å². The van der Waals surface area contributed by atoms with Gasteiger partial charge in [0.05, 0.1) is 39.5 Å². The van der Waals surface area contributed by atoms with Crippen LogP contribution in [0, 0.1) is 0 Å². The Bertz CT molecular complexity index is 276. The molecule has 0 rings (SSSR count). The molecule has 0 aromatic heterocycles. The quantitative estimate of drug-likeness (QED) is 0.174. The summed E-state index contributed by atoms with van der Waals surface area (Å²) < 4.78 is 6.87. The van der Waals surface area contributed by atoms with Crippen LogP contribution < -0.4 is 0 Å². The number of hydrogen-bond donors (Lipinski definition) is 1. The van der Waals surface area contributed by atoms with Crippen LogP contribution in [-0.4, -0.2) is 55.6 Å². The lowest BCUT2D eigenvalue weighted by molar-refractivity contribution is -0.929. The Morgan fingerprint density at radius 3 is 1.44 bits per heavy atom. The SMILES string of the molecule is CCCCCCCCCCCC[N+](CCCC)(CCCC)CCOCCO. The first-order valence-corrected chi connectivity index (χ1v) is 12.3. The summed E-state index contributed by atoms with van der Waals surface area (Å²) in [7, 11) is 0. The minimum atomic E-state index is 0.141. The van der Waals surface area contributed by atoms with E-state index in [2.05, 4.69) is 20.8 Å². The maximum Gasteiger partial charge on any atom is 0.102 e. The molecule has 0 spiro atoms. The third-order valence-electron chi connectivity index (χ3n) is 5.90. The number of rotatable bonds is 22. The van der Waals surface area contributed by atoms with E-state index >= 15 is 0 Å². The summed E-state index contributed by atoms with van der Waals surface area (Å²) in [6.07, 6.45) is 19.3. The van der Waals surface area contributed by atoms with E-state index in [0.717, 1.165) is 13.2 Å². The van der Waals surface area contributed by atoms with E-state index in [9.17, 15) is 0 Å². The molecule has 0 atom stereocenters. The van der Waals surface area contributed by atoms with Gasteiger partial charge in [-0.2, -0.15) is 0 Å². The van der Waals surface area contributed by atoms with Crippen molar-refractivity contribution >= 4 is 0 Å². The average Bonchev–Trinajstić information content (AvgIpc) is 2.69. The molecule has 0 aliphatic rings. The fourth-order valence-electron chi connectivity index (χ4n) is 4.02. The average molecular weight is 387 g/mol. The minimum absolute atomic E-state index is 0.141. The van der Waals surface area contributed by atoms with Gasteiger partial charge in [0.15, 0.2) is 0 Å². The molecule has 0 heterocycles. The van der Waals surface area contributed by atoms with Crippen molar-refractivity contribution in [3.05, 3.63) is 0 Å². The summed E-state index contributed by atoms with van der Waals surface area (Å²) in [4.78, 5) is 0. The highest BCUT2D eigenvalue weighted by molar-refractivity contribution is 4.52. The summed E-state index contributed by atoms with van der Waals surface area (Å²) in [6, 6.07) is 0. The molecule has 0 aromatic rings. The van der Waals surface area contributed by atoms with Crippen molar-refractivity contribution in [1.82, 2.24) is 0 Å². The van der Waals surface area contributed by atoms with Crippen LogP contribution in [-0.2, 0) is 4.74 Å². The van der Waals surface area contributed by atoms with Crippen LogP contribution >= 0.6 is 0 Å². The van der Waals surface area contributed by atoms with Gasteiger partial charge in [0.2, 0.25) is 0 Å². The second kappa shape index (κ2) is 20.6. The third kappa shape index (κ3) is 16.5. The molecule has 0 fully saturated rings. The summed E-state index contributed by atoms with van der Waals surface area (Å²) in [5.41, 5.74) is 0. The number of aliphatic hydroxyl groups is 1. The molecule has 27 heavy (non-hydrogen) atoms. The highest BCUT2D eigenvalue weighted by Gasteiger charge is 2.25. The molecule has 0 amide bonds. The second-order valence-electron chi connectivity index (χ2n) is 8.46. The topological polar surface area (TPSA) is 29.5 Å². The van der Waals surface area contributed by atoms with Crippen LogP contribution in [0.3, 0.4) is 0 Å². The maximum atomic E-state index is 8.95. The summed E-state index contributed by atoms with van der Waals surface area (Å²) in [6.45, 7) is 13.4. The molecule has 0 aromatic carbocycles. The Hall–Kier alpha value is -0.120. The van der Waals surface area contributed by atoms with Gasteiger partial charge in [0.25, 0.3) is 0 Å². The third-order valence-corrected chi connectivity index (χ3v) is 5.90. The molecular formula is C24H52NO2+. The molecule has 3 heteroatoms. The number of unbranched alkanes of at least 4 members (excludes halogenated alkanes) is 11. The van der Waals surface area contributed by atoms with Gasteiger partial charge >= 0.3 is 0 Å². The zero-order chi connectivity index (χ0) is 20.1. The Balaban J connectivity index is 4.14. The summed E-state index contributed by atoms with van der Waals surface area (Å²) in [5, 5.41) is 8.95. The fraction of sp³-hybridized carbons (Fsp3) is 1.00. The zero-order valence-corrected chi connectivity index (χ0v) is 19.2. The predicted octanol–water partition coefficient (Wildman–Crippen LogP) is 6.33. The lowest BCUT2D eigenvalue weighted by Crippen LogP contribution is -2.52. The lowest BCUT2D eigenvalue weighted by atomic mass is 10.1. The van der Waals surface area contributed by atoms with Crippen molar-refractivity contribution in [2.75, 3.05) is 46.0 Å². The summed E-state index contributed by atoms with van der Waals surface area (Å²) >= 11 is 0. The molecule has 0 radical (unpaired) electrons. The second-order valence-corrected chi connectivity index (χ2v) is 8.46. The monoisotopic (exact) mass is 386 g/mol. The van der Waals surface area contributed by atoms with Crippen molar-refractivity contribution in [2.45, 2.75) is 111 Å². The van der Waals surface area contributed by atoms with Crippen molar-refractivity contribution in [3.63, 3.8) is 0 Å². The van der Waals surface area contributed by atoms with E-state index in [1.54, 1.807) is 0 Å². The molecule has 1 N–H and O–H groups in total. The van der Waals surface area contributed by atoms with E-state index in [1.165, 1.54) is 114 Å². The molecule has 164 valence electrons. The van der Waals surface area contributed by atoms with E-state index in [1.807, 2.05) is 0 Å². The van der Waals surface area contributed by atoms with Crippen LogP contribution in [0.2, 0.25) is 0 Å². The van der Waals surface area contributed by atoms with Gasteiger partial charge in [-0.25, -0.2) is 0 Å². The van der Waals surface area contributed by atoms with E-state index in [-0.39, 0.29) is 6.61 Å². The van der Waals surface area contributed by atoms with Gasteiger partial charge in [-0.05, 0) is 25.7 Å².